The van der Waals surface area contributed by atoms with Crippen LogP contribution >= 0.6 is 15.9 Å². The van der Waals surface area contributed by atoms with Crippen molar-refractivity contribution in [3.8, 4) is 11.5 Å². The number of nitrogens with zero attached hydrogens (tertiary/aromatic N) is 2. The lowest BCUT2D eigenvalue weighted by molar-refractivity contribution is 0.0346. The molecule has 1 N–H and O–H groups in total. The second kappa shape index (κ2) is 11.1. The van der Waals surface area contributed by atoms with Crippen molar-refractivity contribution in [1.29, 1.82) is 0 Å². The van der Waals surface area contributed by atoms with Crippen molar-refractivity contribution >= 4 is 38.6 Å². The number of ether oxygens (including phenoxy) is 4. The molecule has 1 aromatic heterocycles. The van der Waals surface area contributed by atoms with Crippen LogP contribution in [0.2, 0.25) is 0 Å². The largest absolute Gasteiger partial charge is 0.497 e. The number of carbonyl (C=O) groups excluding carboxylic acids is 1. The zero-order valence-corrected chi connectivity index (χ0v) is 24.2. The molecule has 9 heteroatoms. The highest BCUT2D eigenvalue weighted by Crippen LogP contribution is 2.35. The number of aromatic nitrogens is 1. The van der Waals surface area contributed by atoms with Crippen molar-refractivity contribution in [2.24, 2.45) is 0 Å². The van der Waals surface area contributed by atoms with Gasteiger partial charge < -0.3 is 29.2 Å². The zero-order valence-electron chi connectivity index (χ0n) is 22.6. The Morgan fingerprint density at radius 2 is 1.88 bits per heavy atom. The van der Waals surface area contributed by atoms with Crippen LogP contribution in [0.1, 0.15) is 44.2 Å². The number of amides is 1. The first-order valence-electron chi connectivity index (χ1n) is 13.1. The highest BCUT2D eigenvalue weighted by atomic mass is 79.9. The maximum atomic E-state index is 13.7. The van der Waals surface area contributed by atoms with E-state index < -0.39 is 0 Å². The molecule has 8 nitrogen and oxygen atoms in total. The van der Waals surface area contributed by atoms with Crippen LogP contribution in [0, 0.1) is 0 Å². The van der Waals surface area contributed by atoms with Gasteiger partial charge in [-0.05, 0) is 59.2 Å². The summed E-state index contributed by atoms with van der Waals surface area (Å²) in [5.41, 5.74) is 6.69. The molecular formula is C31H30BrN3O5. The Morgan fingerprint density at radius 1 is 1.02 bits per heavy atom. The van der Waals surface area contributed by atoms with Gasteiger partial charge in [-0.15, -0.1) is 0 Å². The lowest BCUT2D eigenvalue weighted by Crippen LogP contribution is -2.36. The molecule has 1 amide bonds. The number of pyridine rings is 1. The van der Waals surface area contributed by atoms with E-state index in [1.54, 1.807) is 19.1 Å². The Morgan fingerprint density at radius 3 is 2.70 bits per heavy atom. The minimum atomic E-state index is -0.159. The van der Waals surface area contributed by atoms with Gasteiger partial charge in [-0.2, -0.15) is 0 Å². The smallest absolute Gasteiger partial charge is 0.254 e. The number of likely N-dealkylation sites (N-methyl/N-ethyl adjacent to an activating group) is 1. The highest BCUT2D eigenvalue weighted by Gasteiger charge is 2.29. The molecular weight excluding hydrogens is 574 g/mol. The van der Waals surface area contributed by atoms with Crippen LogP contribution in [0.3, 0.4) is 0 Å². The predicted molar refractivity (Wildman–Crippen MR) is 156 cm³/mol. The lowest BCUT2D eigenvalue weighted by atomic mass is 9.97. The fourth-order valence-corrected chi connectivity index (χ4v) is 5.87. The van der Waals surface area contributed by atoms with Crippen molar-refractivity contribution in [3.63, 3.8) is 0 Å². The second-order valence-electron chi connectivity index (χ2n) is 9.96. The van der Waals surface area contributed by atoms with Gasteiger partial charge in [-0.3, -0.25) is 4.79 Å². The Labute approximate surface area is 241 Å². The van der Waals surface area contributed by atoms with Crippen molar-refractivity contribution in [1.82, 2.24) is 9.88 Å². The average Bonchev–Trinajstić information content (AvgIpc) is 3.49. The van der Waals surface area contributed by atoms with Gasteiger partial charge in [-0.1, -0.05) is 22.0 Å². The van der Waals surface area contributed by atoms with Crippen LogP contribution in [0.15, 0.2) is 59.1 Å². The molecule has 0 aliphatic carbocycles. The van der Waals surface area contributed by atoms with Gasteiger partial charge in [0.1, 0.15) is 17.3 Å². The number of fused-ring (bicyclic) bond motifs is 4. The fraction of sp³-hybridized carbons (Fsp3) is 0.290. The molecule has 0 saturated carbocycles. The highest BCUT2D eigenvalue weighted by molar-refractivity contribution is 9.10. The summed E-state index contributed by atoms with van der Waals surface area (Å²) in [6, 6.07) is 17.4. The third kappa shape index (κ3) is 4.89. The van der Waals surface area contributed by atoms with Crippen LogP contribution in [0.4, 0.5) is 5.82 Å². The van der Waals surface area contributed by atoms with Gasteiger partial charge in [0, 0.05) is 46.2 Å². The van der Waals surface area contributed by atoms with Crippen molar-refractivity contribution < 1.29 is 23.7 Å². The van der Waals surface area contributed by atoms with Crippen LogP contribution in [-0.4, -0.2) is 43.7 Å². The molecule has 2 aliphatic rings. The Bertz CT molecular complexity index is 1610. The molecule has 0 spiro atoms. The Hall–Kier alpha value is -3.66. The summed E-state index contributed by atoms with van der Waals surface area (Å²) in [4.78, 5) is 20.4. The Balaban J connectivity index is 1.28. The summed E-state index contributed by atoms with van der Waals surface area (Å²) in [6.45, 7) is 2.47. The minimum absolute atomic E-state index is 0.0623. The van der Waals surface area contributed by atoms with Crippen LogP contribution in [0.25, 0.3) is 10.9 Å². The number of hydrogen-bond acceptors (Lipinski definition) is 7. The Kier molecular flexibility index (Phi) is 7.35. The van der Waals surface area contributed by atoms with Crippen LogP contribution in [-0.2, 0) is 35.8 Å². The molecule has 3 aromatic carbocycles. The van der Waals surface area contributed by atoms with Crippen molar-refractivity contribution in [2.45, 2.75) is 32.4 Å². The molecule has 0 saturated heterocycles. The fourth-order valence-electron chi connectivity index (χ4n) is 5.46. The molecule has 6 rings (SSSR count). The first-order valence-corrected chi connectivity index (χ1v) is 13.9. The number of rotatable bonds is 7. The quantitative estimate of drug-likeness (QED) is 0.277. The van der Waals surface area contributed by atoms with Crippen LogP contribution < -0.4 is 14.8 Å². The molecule has 1 atom stereocenters. The molecule has 3 heterocycles. The maximum absolute atomic E-state index is 13.7. The van der Waals surface area contributed by atoms with E-state index in [1.807, 2.05) is 49.5 Å². The molecule has 206 valence electrons. The van der Waals surface area contributed by atoms with E-state index >= 15 is 0 Å². The summed E-state index contributed by atoms with van der Waals surface area (Å²) >= 11 is 3.53. The SMILES string of the molecule is COc1ccc(CNc2nc3ccc(C(=O)N(C)C4COCc5cc(Br)ccc54)cc3c3c2COC3)c(OC)c1. The van der Waals surface area contributed by atoms with E-state index in [9.17, 15) is 4.79 Å². The topological polar surface area (TPSA) is 82.2 Å². The number of hydrogen-bond donors (Lipinski definition) is 1. The first-order chi connectivity index (χ1) is 19.5. The van der Waals surface area contributed by atoms with E-state index in [4.69, 9.17) is 23.9 Å². The normalized spacial score (nSPS) is 15.8. The zero-order chi connectivity index (χ0) is 27.8. The van der Waals surface area contributed by atoms with Gasteiger partial charge in [-0.25, -0.2) is 4.98 Å². The van der Waals surface area contributed by atoms with E-state index in [0.29, 0.717) is 38.5 Å². The van der Waals surface area contributed by atoms with E-state index in [2.05, 4.69) is 33.4 Å². The number of nitrogens with one attached hydrogen (secondary N) is 1. The van der Waals surface area contributed by atoms with Gasteiger partial charge in [0.25, 0.3) is 5.91 Å². The molecule has 2 aliphatic heterocycles. The van der Waals surface area contributed by atoms with Gasteiger partial charge in [0.05, 0.1) is 52.2 Å². The molecule has 0 bridgehead atoms. The summed E-state index contributed by atoms with van der Waals surface area (Å²) in [5, 5.41) is 4.41. The standard InChI is InChI=1S/C31H30BrN3O5/c1-35(28-17-39-14-20-10-21(32)6-8-23(20)28)31(36)18-5-9-27-24(11-18)25-15-40-16-26(25)30(34-27)33-13-19-4-7-22(37-2)12-29(19)38-3/h4-12,28H,13-17H2,1-3H3,(H,33,34). The maximum Gasteiger partial charge on any atom is 0.254 e. The van der Waals surface area contributed by atoms with Gasteiger partial charge >= 0.3 is 0 Å². The first kappa shape index (κ1) is 26.6. The predicted octanol–water partition coefficient (Wildman–Crippen LogP) is 6.00. The number of methoxy groups -OCH3 is 2. The number of benzene rings is 3. The minimum Gasteiger partial charge on any atom is -0.497 e. The molecule has 0 fully saturated rings. The number of halogens is 1. The van der Waals surface area contributed by atoms with E-state index in [1.165, 1.54) is 0 Å². The van der Waals surface area contributed by atoms with E-state index in [-0.39, 0.29) is 11.9 Å². The molecule has 40 heavy (non-hydrogen) atoms. The number of carbonyl (C=O) groups is 1. The molecule has 0 radical (unpaired) electrons. The van der Waals surface area contributed by atoms with Gasteiger partial charge in [0.15, 0.2) is 0 Å². The monoisotopic (exact) mass is 603 g/mol. The summed E-state index contributed by atoms with van der Waals surface area (Å²) in [6.07, 6.45) is 0. The molecule has 4 aromatic rings. The summed E-state index contributed by atoms with van der Waals surface area (Å²) in [5.74, 6) is 2.19. The molecule has 1 unspecified atom stereocenters. The van der Waals surface area contributed by atoms with Crippen molar-refractivity contribution in [2.75, 3.05) is 33.2 Å². The average molecular weight is 605 g/mol. The van der Waals surface area contributed by atoms with Crippen molar-refractivity contribution in [3.05, 3.63) is 92.5 Å². The van der Waals surface area contributed by atoms with E-state index in [0.717, 1.165) is 60.5 Å². The second-order valence-corrected chi connectivity index (χ2v) is 10.9. The lowest BCUT2D eigenvalue weighted by Gasteiger charge is -2.33. The summed E-state index contributed by atoms with van der Waals surface area (Å²) < 4.78 is 23.5. The third-order valence-electron chi connectivity index (χ3n) is 7.67. The third-order valence-corrected chi connectivity index (χ3v) is 8.16. The van der Waals surface area contributed by atoms with Crippen LogP contribution in [0.5, 0.6) is 11.5 Å². The van der Waals surface area contributed by atoms with Gasteiger partial charge in [0.2, 0.25) is 0 Å². The number of anilines is 1. The summed E-state index contributed by atoms with van der Waals surface area (Å²) in [7, 11) is 5.12.